The number of halogens is 1. The van der Waals surface area contributed by atoms with Crippen molar-refractivity contribution in [3.05, 3.63) is 32.8 Å². The van der Waals surface area contributed by atoms with E-state index in [9.17, 15) is 18.5 Å². The van der Waals surface area contributed by atoms with Crippen LogP contribution in [0.15, 0.2) is 27.6 Å². The number of sulfonamides is 1. The predicted octanol–water partition coefficient (Wildman–Crippen LogP) is 2.68. The van der Waals surface area contributed by atoms with Gasteiger partial charge in [0.1, 0.15) is 0 Å². The van der Waals surface area contributed by atoms with E-state index in [0.29, 0.717) is 4.47 Å². The molecule has 0 aliphatic rings. The maximum atomic E-state index is 12.2. The van der Waals surface area contributed by atoms with Crippen LogP contribution in [-0.4, -0.2) is 19.4 Å². The summed E-state index contributed by atoms with van der Waals surface area (Å²) in [5.74, 6) is 0.0842. The Morgan fingerprint density at radius 2 is 1.89 bits per heavy atom. The standard InChI is InChI=1S/C11H15BrN2O4S/c1-7(2)8(3)13-19(17,18)11-6-9(12)4-5-10(11)14(15)16/h4-8,13H,1-3H3. The van der Waals surface area contributed by atoms with E-state index in [-0.39, 0.29) is 16.9 Å². The van der Waals surface area contributed by atoms with Crippen LogP contribution in [0.2, 0.25) is 0 Å². The molecule has 1 aromatic carbocycles. The van der Waals surface area contributed by atoms with Crippen molar-refractivity contribution in [2.24, 2.45) is 5.92 Å². The molecule has 0 saturated heterocycles. The zero-order chi connectivity index (χ0) is 14.8. The van der Waals surface area contributed by atoms with E-state index < -0.39 is 20.6 Å². The first-order chi connectivity index (χ1) is 8.65. The molecule has 0 fully saturated rings. The molecule has 0 radical (unpaired) electrons. The van der Waals surface area contributed by atoms with E-state index in [1.165, 1.54) is 18.2 Å². The number of rotatable bonds is 5. The molecule has 0 aliphatic carbocycles. The van der Waals surface area contributed by atoms with Gasteiger partial charge in [-0.15, -0.1) is 0 Å². The van der Waals surface area contributed by atoms with Gasteiger partial charge in [-0.05, 0) is 25.0 Å². The fraction of sp³-hybridized carbons (Fsp3) is 0.455. The molecule has 0 bridgehead atoms. The van der Waals surface area contributed by atoms with E-state index in [1.807, 2.05) is 13.8 Å². The lowest BCUT2D eigenvalue weighted by molar-refractivity contribution is -0.387. The number of nitrogens with zero attached hydrogens (tertiary/aromatic N) is 1. The quantitative estimate of drug-likeness (QED) is 0.652. The first-order valence-corrected chi connectivity index (χ1v) is 7.89. The van der Waals surface area contributed by atoms with Crippen molar-refractivity contribution in [3.63, 3.8) is 0 Å². The molecule has 0 spiro atoms. The molecule has 1 unspecified atom stereocenters. The van der Waals surface area contributed by atoms with Crippen molar-refractivity contribution in [3.8, 4) is 0 Å². The number of hydrogen-bond acceptors (Lipinski definition) is 4. The number of nitro groups is 1. The minimum atomic E-state index is -3.92. The van der Waals surface area contributed by atoms with Gasteiger partial charge in [0.2, 0.25) is 10.0 Å². The molecule has 0 saturated carbocycles. The molecule has 0 amide bonds. The average molecular weight is 351 g/mol. The second-order valence-electron chi connectivity index (χ2n) is 4.52. The van der Waals surface area contributed by atoms with Crippen molar-refractivity contribution < 1.29 is 13.3 Å². The van der Waals surface area contributed by atoms with Crippen molar-refractivity contribution in [1.29, 1.82) is 0 Å². The highest BCUT2D eigenvalue weighted by molar-refractivity contribution is 9.10. The van der Waals surface area contributed by atoms with E-state index in [1.54, 1.807) is 6.92 Å². The van der Waals surface area contributed by atoms with Gasteiger partial charge < -0.3 is 0 Å². The Balaban J connectivity index is 3.28. The lowest BCUT2D eigenvalue weighted by Crippen LogP contribution is -2.36. The summed E-state index contributed by atoms with van der Waals surface area (Å²) >= 11 is 3.12. The Labute approximate surface area is 120 Å². The Kier molecular flexibility index (Phi) is 5.05. The first-order valence-electron chi connectivity index (χ1n) is 5.61. The number of nitro benzene ring substituents is 1. The summed E-state index contributed by atoms with van der Waals surface area (Å²) in [5.41, 5.74) is -0.438. The third-order valence-corrected chi connectivity index (χ3v) is 4.83. The molecule has 1 N–H and O–H groups in total. The van der Waals surface area contributed by atoms with Crippen molar-refractivity contribution >= 4 is 31.6 Å². The lowest BCUT2D eigenvalue weighted by Gasteiger charge is -2.17. The summed E-state index contributed by atoms with van der Waals surface area (Å²) < 4.78 is 27.3. The van der Waals surface area contributed by atoms with E-state index in [4.69, 9.17) is 0 Å². The smallest absolute Gasteiger partial charge is 0.258 e. The summed E-state index contributed by atoms with van der Waals surface area (Å²) in [6, 6.07) is 3.51. The van der Waals surface area contributed by atoms with Gasteiger partial charge in [-0.1, -0.05) is 29.8 Å². The SMILES string of the molecule is CC(C)C(C)NS(=O)(=O)c1cc(Br)ccc1[N+](=O)[O-]. The fourth-order valence-electron chi connectivity index (χ4n) is 1.30. The van der Waals surface area contributed by atoms with Gasteiger partial charge in [0.25, 0.3) is 5.69 Å². The van der Waals surface area contributed by atoms with Crippen molar-refractivity contribution in [1.82, 2.24) is 4.72 Å². The Morgan fingerprint density at radius 1 is 1.32 bits per heavy atom. The third kappa shape index (κ3) is 3.99. The molecule has 0 heterocycles. The summed E-state index contributed by atoms with van der Waals surface area (Å²) in [4.78, 5) is 9.86. The lowest BCUT2D eigenvalue weighted by atomic mass is 10.1. The molecule has 6 nitrogen and oxygen atoms in total. The van der Waals surface area contributed by atoms with E-state index in [0.717, 1.165) is 0 Å². The zero-order valence-corrected chi connectivity index (χ0v) is 13.2. The normalized spacial score (nSPS) is 13.5. The summed E-state index contributed by atoms with van der Waals surface area (Å²) in [6.45, 7) is 5.44. The van der Waals surface area contributed by atoms with Gasteiger partial charge in [0.05, 0.1) is 4.92 Å². The van der Waals surface area contributed by atoms with Gasteiger partial charge in [0, 0.05) is 16.6 Å². The van der Waals surface area contributed by atoms with Crippen LogP contribution in [0.25, 0.3) is 0 Å². The van der Waals surface area contributed by atoms with Crippen LogP contribution in [0.5, 0.6) is 0 Å². The van der Waals surface area contributed by atoms with Crippen LogP contribution < -0.4 is 4.72 Å². The third-order valence-electron chi connectivity index (χ3n) is 2.75. The second kappa shape index (κ2) is 5.98. The monoisotopic (exact) mass is 350 g/mol. The van der Waals surface area contributed by atoms with E-state index in [2.05, 4.69) is 20.7 Å². The highest BCUT2D eigenvalue weighted by Gasteiger charge is 2.27. The number of nitrogens with one attached hydrogen (secondary N) is 1. The summed E-state index contributed by atoms with van der Waals surface area (Å²) in [7, 11) is -3.92. The van der Waals surface area contributed by atoms with Crippen LogP contribution in [0.3, 0.4) is 0 Å². The molecular weight excluding hydrogens is 336 g/mol. The molecule has 1 atom stereocenters. The van der Waals surface area contributed by atoms with Gasteiger partial charge in [-0.25, -0.2) is 13.1 Å². The maximum absolute atomic E-state index is 12.2. The Bertz CT molecular complexity index is 586. The topological polar surface area (TPSA) is 89.3 Å². The molecule has 1 aromatic rings. The summed E-state index contributed by atoms with van der Waals surface area (Å²) in [5, 5.41) is 10.9. The predicted molar refractivity (Wildman–Crippen MR) is 75.4 cm³/mol. The molecule has 0 aliphatic heterocycles. The average Bonchev–Trinajstić information content (AvgIpc) is 2.27. The second-order valence-corrected chi connectivity index (χ2v) is 7.12. The maximum Gasteiger partial charge on any atom is 0.289 e. The minimum absolute atomic E-state index is 0.0842. The van der Waals surface area contributed by atoms with Crippen LogP contribution in [0.4, 0.5) is 5.69 Å². The van der Waals surface area contributed by atoms with E-state index >= 15 is 0 Å². The van der Waals surface area contributed by atoms with Crippen LogP contribution in [0, 0.1) is 16.0 Å². The molecular formula is C11H15BrN2O4S. The highest BCUT2D eigenvalue weighted by atomic mass is 79.9. The number of benzene rings is 1. The highest BCUT2D eigenvalue weighted by Crippen LogP contribution is 2.27. The van der Waals surface area contributed by atoms with Gasteiger partial charge >= 0.3 is 0 Å². The molecule has 8 heteroatoms. The molecule has 0 aromatic heterocycles. The summed E-state index contributed by atoms with van der Waals surface area (Å²) in [6.07, 6.45) is 0. The molecule has 19 heavy (non-hydrogen) atoms. The fourth-order valence-corrected chi connectivity index (χ4v) is 3.40. The van der Waals surface area contributed by atoms with Gasteiger partial charge in [-0.2, -0.15) is 0 Å². The van der Waals surface area contributed by atoms with Crippen LogP contribution in [-0.2, 0) is 10.0 Å². The zero-order valence-electron chi connectivity index (χ0n) is 10.8. The molecule has 106 valence electrons. The van der Waals surface area contributed by atoms with Crippen LogP contribution >= 0.6 is 15.9 Å². The Hall–Kier alpha value is -0.990. The Morgan fingerprint density at radius 3 is 2.37 bits per heavy atom. The number of hydrogen-bond donors (Lipinski definition) is 1. The largest absolute Gasteiger partial charge is 0.289 e. The van der Waals surface area contributed by atoms with Crippen molar-refractivity contribution in [2.75, 3.05) is 0 Å². The minimum Gasteiger partial charge on any atom is -0.258 e. The van der Waals surface area contributed by atoms with Crippen molar-refractivity contribution in [2.45, 2.75) is 31.7 Å². The van der Waals surface area contributed by atoms with Gasteiger partial charge in [0.15, 0.2) is 4.90 Å². The molecule has 1 rings (SSSR count). The van der Waals surface area contributed by atoms with Gasteiger partial charge in [-0.3, -0.25) is 10.1 Å². The van der Waals surface area contributed by atoms with Crippen LogP contribution in [0.1, 0.15) is 20.8 Å². The first kappa shape index (κ1) is 16.1.